The molecule has 1 N–H and O–H groups in total. The first-order chi connectivity index (χ1) is 16.6. The van der Waals surface area contributed by atoms with Crippen molar-refractivity contribution >= 4 is 27.5 Å². The summed E-state index contributed by atoms with van der Waals surface area (Å²) in [6, 6.07) is 13.1. The first-order valence-electron chi connectivity index (χ1n) is 10.6. The molecule has 8 nitrogen and oxygen atoms in total. The predicted octanol–water partition coefficient (Wildman–Crippen LogP) is 3.09. The van der Waals surface area contributed by atoms with Gasteiger partial charge >= 0.3 is 0 Å². The molecule has 1 aliphatic rings. The average Bonchev–Trinajstić information content (AvgIpc) is 3.09. The van der Waals surface area contributed by atoms with E-state index in [1.165, 1.54) is 67.5 Å². The molecular formula is C25H22FN3O5S. The number of sulfonamides is 1. The summed E-state index contributed by atoms with van der Waals surface area (Å²) in [5, 5.41) is 11.1. The van der Waals surface area contributed by atoms with Crippen LogP contribution in [0.4, 0.5) is 4.39 Å². The van der Waals surface area contributed by atoms with Crippen LogP contribution in [-0.2, 0) is 26.2 Å². The molecule has 2 heterocycles. The van der Waals surface area contributed by atoms with Crippen molar-refractivity contribution in [3.05, 3.63) is 101 Å². The molecule has 3 aromatic rings. The Bertz CT molecular complexity index is 1400. The SMILES string of the molecule is CN(C)S(=O)(=O)c1ccc(C(O)=C2C(=O)C(=O)N(Cc3cccnc3)[C@H]2c2ccc(F)cc2)cc1. The molecule has 0 aliphatic carbocycles. The van der Waals surface area contributed by atoms with E-state index in [0.29, 0.717) is 11.1 Å². The normalized spacial score (nSPS) is 17.8. The summed E-state index contributed by atoms with van der Waals surface area (Å²) in [6.45, 7) is 0.0389. The highest BCUT2D eigenvalue weighted by Crippen LogP contribution is 2.40. The zero-order valence-corrected chi connectivity index (χ0v) is 19.7. The summed E-state index contributed by atoms with van der Waals surface area (Å²) < 4.78 is 39.4. The number of pyridine rings is 1. The van der Waals surface area contributed by atoms with Gasteiger partial charge < -0.3 is 10.0 Å². The molecular weight excluding hydrogens is 473 g/mol. The number of carbonyl (C=O) groups is 2. The molecule has 1 atom stereocenters. The lowest BCUT2D eigenvalue weighted by Gasteiger charge is -2.25. The van der Waals surface area contributed by atoms with E-state index < -0.39 is 39.3 Å². The van der Waals surface area contributed by atoms with Crippen LogP contribution in [-0.4, -0.2) is 53.5 Å². The molecule has 1 aliphatic heterocycles. The highest BCUT2D eigenvalue weighted by molar-refractivity contribution is 7.89. The molecule has 0 unspecified atom stereocenters. The molecule has 2 aromatic carbocycles. The number of nitrogens with zero attached hydrogens (tertiary/aromatic N) is 3. The maximum Gasteiger partial charge on any atom is 0.295 e. The van der Waals surface area contributed by atoms with Crippen LogP contribution in [0.25, 0.3) is 5.76 Å². The number of likely N-dealkylation sites (tertiary alicyclic amines) is 1. The van der Waals surface area contributed by atoms with E-state index in [1.807, 2.05) is 0 Å². The van der Waals surface area contributed by atoms with Crippen LogP contribution >= 0.6 is 0 Å². The summed E-state index contributed by atoms with van der Waals surface area (Å²) >= 11 is 0. The summed E-state index contributed by atoms with van der Waals surface area (Å²) in [4.78, 5) is 31.4. The van der Waals surface area contributed by atoms with E-state index in [0.717, 1.165) is 4.31 Å². The predicted molar refractivity (Wildman–Crippen MR) is 126 cm³/mol. The largest absolute Gasteiger partial charge is 0.507 e. The van der Waals surface area contributed by atoms with Crippen LogP contribution in [0.5, 0.6) is 0 Å². The highest BCUT2D eigenvalue weighted by atomic mass is 32.2. The number of halogens is 1. The zero-order valence-electron chi connectivity index (χ0n) is 18.9. The number of benzene rings is 2. The van der Waals surface area contributed by atoms with Gasteiger partial charge in [0.1, 0.15) is 11.6 Å². The molecule has 0 radical (unpaired) electrons. The number of amides is 1. The van der Waals surface area contributed by atoms with Gasteiger partial charge in [0.25, 0.3) is 11.7 Å². The number of aromatic nitrogens is 1. The number of hydrogen-bond acceptors (Lipinski definition) is 6. The third kappa shape index (κ3) is 4.58. The van der Waals surface area contributed by atoms with Crippen molar-refractivity contribution in [2.75, 3.05) is 14.1 Å². The van der Waals surface area contributed by atoms with Gasteiger partial charge in [-0.2, -0.15) is 0 Å². The minimum atomic E-state index is -3.69. The second kappa shape index (κ2) is 9.40. The van der Waals surface area contributed by atoms with Crippen molar-refractivity contribution < 1.29 is 27.5 Å². The van der Waals surface area contributed by atoms with E-state index in [2.05, 4.69) is 4.98 Å². The van der Waals surface area contributed by atoms with Gasteiger partial charge in [0, 0.05) is 38.6 Å². The number of aliphatic hydroxyl groups is 1. The Morgan fingerprint density at radius 2 is 1.71 bits per heavy atom. The van der Waals surface area contributed by atoms with Crippen molar-refractivity contribution in [2.24, 2.45) is 0 Å². The Balaban J connectivity index is 1.82. The Kier molecular flexibility index (Phi) is 6.51. The highest BCUT2D eigenvalue weighted by Gasteiger charge is 2.46. The van der Waals surface area contributed by atoms with Crippen molar-refractivity contribution in [3.63, 3.8) is 0 Å². The van der Waals surface area contributed by atoms with Crippen molar-refractivity contribution in [1.29, 1.82) is 0 Å². The Morgan fingerprint density at radius 1 is 1.06 bits per heavy atom. The van der Waals surface area contributed by atoms with Crippen LogP contribution in [0, 0.1) is 5.82 Å². The van der Waals surface area contributed by atoms with Crippen LogP contribution in [0.3, 0.4) is 0 Å². The smallest absolute Gasteiger partial charge is 0.295 e. The van der Waals surface area contributed by atoms with E-state index in [4.69, 9.17) is 0 Å². The van der Waals surface area contributed by atoms with Gasteiger partial charge in [-0.05, 0) is 53.6 Å². The van der Waals surface area contributed by atoms with Gasteiger partial charge in [0.2, 0.25) is 10.0 Å². The summed E-state index contributed by atoms with van der Waals surface area (Å²) in [5.74, 6) is -2.67. The lowest BCUT2D eigenvalue weighted by Crippen LogP contribution is -2.29. The number of ketones is 1. The molecule has 0 saturated carbocycles. The quantitative estimate of drug-likeness (QED) is 0.320. The summed E-state index contributed by atoms with van der Waals surface area (Å²) in [5.41, 5.74) is 1.09. The van der Waals surface area contributed by atoms with Crippen LogP contribution in [0.1, 0.15) is 22.7 Å². The molecule has 1 aromatic heterocycles. The van der Waals surface area contributed by atoms with Crippen LogP contribution < -0.4 is 0 Å². The fraction of sp³-hybridized carbons (Fsp3) is 0.160. The number of Topliss-reactive ketones (excluding diaryl/α,β-unsaturated/α-hetero) is 1. The van der Waals surface area contributed by atoms with E-state index in [-0.39, 0.29) is 22.6 Å². The van der Waals surface area contributed by atoms with E-state index in [9.17, 15) is 27.5 Å². The monoisotopic (exact) mass is 495 g/mol. The number of carbonyl (C=O) groups excluding carboxylic acids is 2. The van der Waals surface area contributed by atoms with E-state index >= 15 is 0 Å². The zero-order chi connectivity index (χ0) is 25.3. The second-order valence-electron chi connectivity index (χ2n) is 8.15. The Labute approximate surface area is 202 Å². The van der Waals surface area contributed by atoms with Gasteiger partial charge in [-0.15, -0.1) is 0 Å². The average molecular weight is 496 g/mol. The van der Waals surface area contributed by atoms with Crippen LogP contribution in [0.2, 0.25) is 0 Å². The molecule has 180 valence electrons. The number of rotatable bonds is 6. The van der Waals surface area contributed by atoms with Gasteiger partial charge in [0.15, 0.2) is 0 Å². The van der Waals surface area contributed by atoms with Gasteiger partial charge in [-0.3, -0.25) is 14.6 Å². The van der Waals surface area contributed by atoms with Gasteiger partial charge in [0.05, 0.1) is 16.5 Å². The van der Waals surface area contributed by atoms with Gasteiger partial charge in [-0.1, -0.05) is 18.2 Å². The topological polar surface area (TPSA) is 108 Å². The lowest BCUT2D eigenvalue weighted by atomic mass is 9.95. The Hall–Kier alpha value is -3.89. The first-order valence-corrected chi connectivity index (χ1v) is 12.0. The third-order valence-electron chi connectivity index (χ3n) is 5.71. The Morgan fingerprint density at radius 3 is 2.29 bits per heavy atom. The fourth-order valence-electron chi connectivity index (χ4n) is 3.87. The van der Waals surface area contributed by atoms with Crippen molar-refractivity contribution in [2.45, 2.75) is 17.5 Å². The first kappa shape index (κ1) is 24.2. The molecule has 1 fully saturated rings. The minimum absolute atomic E-state index is 0.00571. The maximum atomic E-state index is 13.6. The second-order valence-corrected chi connectivity index (χ2v) is 10.3. The van der Waals surface area contributed by atoms with Gasteiger partial charge in [-0.25, -0.2) is 17.1 Å². The lowest BCUT2D eigenvalue weighted by molar-refractivity contribution is -0.140. The minimum Gasteiger partial charge on any atom is -0.507 e. The molecule has 1 amide bonds. The molecule has 10 heteroatoms. The maximum absolute atomic E-state index is 13.6. The molecule has 1 saturated heterocycles. The molecule has 0 spiro atoms. The number of hydrogen-bond donors (Lipinski definition) is 1. The third-order valence-corrected chi connectivity index (χ3v) is 7.54. The molecule has 0 bridgehead atoms. The molecule has 35 heavy (non-hydrogen) atoms. The summed E-state index contributed by atoms with van der Waals surface area (Å²) in [6.07, 6.45) is 3.14. The standard InChI is InChI=1S/C25H22FN3O5S/c1-28(2)35(33,34)20-11-7-18(8-12-20)23(30)21-22(17-5-9-19(26)10-6-17)29(25(32)24(21)31)15-16-4-3-13-27-14-16/h3-14,22,30H,15H2,1-2H3/t22-/m0/s1. The van der Waals surface area contributed by atoms with Crippen molar-refractivity contribution in [1.82, 2.24) is 14.2 Å². The molecule has 4 rings (SSSR count). The summed E-state index contributed by atoms with van der Waals surface area (Å²) in [7, 11) is -0.897. The van der Waals surface area contributed by atoms with Crippen LogP contribution in [0.15, 0.2) is 83.5 Å². The van der Waals surface area contributed by atoms with Crippen molar-refractivity contribution in [3.8, 4) is 0 Å². The fourth-order valence-corrected chi connectivity index (χ4v) is 4.78. The number of aliphatic hydroxyl groups excluding tert-OH is 1. The van der Waals surface area contributed by atoms with E-state index in [1.54, 1.807) is 24.5 Å².